The molecule has 0 unspecified atom stereocenters. The van der Waals surface area contributed by atoms with E-state index in [2.05, 4.69) is 5.32 Å². The summed E-state index contributed by atoms with van der Waals surface area (Å²) in [5.41, 5.74) is 0.774. The zero-order chi connectivity index (χ0) is 13.9. The number of ether oxygens (including phenoxy) is 1. The van der Waals surface area contributed by atoms with Crippen LogP contribution in [0.4, 0.5) is 18.9 Å². The minimum absolute atomic E-state index is 0.271. The Hall–Kier alpha value is -0.880. The van der Waals surface area contributed by atoms with Gasteiger partial charge in [0.25, 0.3) is 0 Å². The highest BCUT2D eigenvalue weighted by atomic mass is 32.2. The van der Waals surface area contributed by atoms with Crippen LogP contribution in [-0.2, 0) is 4.74 Å². The van der Waals surface area contributed by atoms with Gasteiger partial charge in [-0.25, -0.2) is 0 Å². The third-order valence-electron chi connectivity index (χ3n) is 3.07. The number of halogens is 3. The van der Waals surface area contributed by atoms with Crippen molar-refractivity contribution in [3.63, 3.8) is 0 Å². The van der Waals surface area contributed by atoms with E-state index in [0.29, 0.717) is 4.90 Å². The topological polar surface area (TPSA) is 21.3 Å². The van der Waals surface area contributed by atoms with Crippen molar-refractivity contribution in [3.8, 4) is 0 Å². The van der Waals surface area contributed by atoms with Crippen LogP contribution in [0.3, 0.4) is 0 Å². The number of rotatable bonds is 5. The van der Waals surface area contributed by atoms with Crippen LogP contribution < -0.4 is 5.32 Å². The molecule has 2 nitrogen and oxygen atoms in total. The van der Waals surface area contributed by atoms with Crippen LogP contribution in [-0.4, -0.2) is 31.2 Å². The number of para-hydroxylation sites is 1. The zero-order valence-corrected chi connectivity index (χ0v) is 11.4. The van der Waals surface area contributed by atoms with Crippen LogP contribution in [0.5, 0.6) is 0 Å². The summed E-state index contributed by atoms with van der Waals surface area (Å²) >= 11 is 0.818. The lowest BCUT2D eigenvalue weighted by Crippen LogP contribution is -2.40. The molecule has 106 valence electrons. The maximum Gasteiger partial charge on any atom is 0.398 e. The molecule has 1 aromatic rings. The summed E-state index contributed by atoms with van der Waals surface area (Å²) in [6.07, 6.45) is -2.08. The molecule has 0 amide bonds. The van der Waals surface area contributed by atoms with Gasteiger partial charge in [0.1, 0.15) is 0 Å². The number of anilines is 1. The van der Waals surface area contributed by atoms with E-state index >= 15 is 0 Å². The van der Waals surface area contributed by atoms with E-state index in [1.807, 2.05) is 12.1 Å². The first-order valence-corrected chi connectivity index (χ1v) is 7.04. The summed E-state index contributed by atoms with van der Waals surface area (Å²) in [5, 5.41) is 3.28. The van der Waals surface area contributed by atoms with Crippen molar-refractivity contribution >= 4 is 17.4 Å². The number of thioether (sulfide) groups is 1. The van der Waals surface area contributed by atoms with Gasteiger partial charge in [-0.3, -0.25) is 0 Å². The molecule has 0 heterocycles. The Labute approximate surface area is 114 Å². The number of hydrogen-bond donors (Lipinski definition) is 1. The predicted octanol–water partition coefficient (Wildman–Crippen LogP) is 3.93. The molecule has 1 aliphatic rings. The summed E-state index contributed by atoms with van der Waals surface area (Å²) in [6.45, 7) is 0. The smallest absolute Gasteiger partial charge is 0.381 e. The van der Waals surface area contributed by atoms with Crippen LogP contribution in [0.15, 0.2) is 29.2 Å². The van der Waals surface area contributed by atoms with Gasteiger partial charge in [-0.05, 0) is 25.0 Å². The van der Waals surface area contributed by atoms with Gasteiger partial charge in [-0.1, -0.05) is 12.1 Å². The van der Waals surface area contributed by atoms with Crippen LogP contribution in [0.1, 0.15) is 12.8 Å². The Bertz CT molecular complexity index is 419. The Morgan fingerprint density at radius 2 is 2.00 bits per heavy atom. The molecule has 0 aromatic heterocycles. The number of methoxy groups -OCH3 is 1. The largest absolute Gasteiger partial charge is 0.398 e. The third kappa shape index (κ3) is 4.31. The molecular weight excluding hydrogens is 275 g/mol. The van der Waals surface area contributed by atoms with Gasteiger partial charge < -0.3 is 10.1 Å². The van der Waals surface area contributed by atoms with Gasteiger partial charge in [-0.2, -0.15) is 13.2 Å². The predicted molar refractivity (Wildman–Crippen MR) is 70.7 cm³/mol. The fourth-order valence-corrected chi connectivity index (χ4v) is 2.74. The van der Waals surface area contributed by atoms with Crippen LogP contribution >= 0.6 is 11.8 Å². The Kier molecular flexibility index (Phi) is 4.62. The standard InChI is InChI=1S/C13H16F3NOS/c1-18-10-6-9(7-10)17-11-4-2-3-5-12(11)19-8-13(14,15)16/h2-5,9-10,17H,6-8H2,1H3. The molecule has 0 spiro atoms. The maximum absolute atomic E-state index is 12.3. The second-order valence-corrected chi connectivity index (χ2v) is 5.59. The molecule has 19 heavy (non-hydrogen) atoms. The highest BCUT2D eigenvalue weighted by Crippen LogP contribution is 2.34. The minimum atomic E-state index is -4.14. The van der Waals surface area contributed by atoms with E-state index in [1.54, 1.807) is 19.2 Å². The first-order chi connectivity index (χ1) is 8.98. The lowest BCUT2D eigenvalue weighted by Gasteiger charge is -2.35. The Morgan fingerprint density at radius 1 is 1.32 bits per heavy atom. The summed E-state index contributed by atoms with van der Waals surface area (Å²) in [7, 11) is 1.67. The van der Waals surface area contributed by atoms with Gasteiger partial charge in [0.15, 0.2) is 0 Å². The van der Waals surface area contributed by atoms with E-state index in [1.165, 1.54) is 0 Å². The van der Waals surface area contributed by atoms with Gasteiger partial charge in [0.2, 0.25) is 0 Å². The SMILES string of the molecule is COC1CC(Nc2ccccc2SCC(F)(F)F)C1. The summed E-state index contributed by atoms with van der Waals surface area (Å²) in [4.78, 5) is 0.640. The van der Waals surface area contributed by atoms with Crippen LogP contribution in [0.25, 0.3) is 0 Å². The first-order valence-electron chi connectivity index (χ1n) is 6.06. The molecule has 0 atom stereocenters. The highest BCUT2D eigenvalue weighted by Gasteiger charge is 2.30. The van der Waals surface area contributed by atoms with Gasteiger partial charge in [0, 0.05) is 23.7 Å². The normalized spacial score (nSPS) is 22.9. The number of alkyl halides is 3. The number of nitrogens with one attached hydrogen (secondary N) is 1. The summed E-state index contributed by atoms with van der Waals surface area (Å²) in [6, 6.07) is 7.40. The molecule has 0 bridgehead atoms. The second-order valence-electron chi connectivity index (χ2n) is 4.57. The molecule has 1 N–H and O–H groups in total. The first kappa shape index (κ1) is 14.5. The average molecular weight is 291 g/mol. The zero-order valence-electron chi connectivity index (χ0n) is 10.5. The molecule has 1 saturated carbocycles. The average Bonchev–Trinajstić information content (AvgIpc) is 2.31. The fourth-order valence-electron chi connectivity index (χ4n) is 1.97. The van der Waals surface area contributed by atoms with E-state index in [-0.39, 0.29) is 12.1 Å². The molecule has 2 rings (SSSR count). The van der Waals surface area contributed by atoms with E-state index in [4.69, 9.17) is 4.74 Å². The second kappa shape index (κ2) is 6.05. The summed E-state index contributed by atoms with van der Waals surface area (Å²) in [5.74, 6) is -0.864. The lowest BCUT2D eigenvalue weighted by atomic mass is 9.89. The van der Waals surface area contributed by atoms with E-state index in [9.17, 15) is 13.2 Å². The quantitative estimate of drug-likeness (QED) is 0.831. The summed E-state index contributed by atoms with van der Waals surface area (Å²) < 4.78 is 41.9. The van der Waals surface area contributed by atoms with E-state index in [0.717, 1.165) is 30.3 Å². The van der Waals surface area contributed by atoms with E-state index < -0.39 is 11.9 Å². The maximum atomic E-state index is 12.3. The molecule has 0 aliphatic heterocycles. The molecule has 0 saturated heterocycles. The van der Waals surface area contributed by atoms with Gasteiger partial charge >= 0.3 is 6.18 Å². The highest BCUT2D eigenvalue weighted by molar-refractivity contribution is 7.99. The molecule has 6 heteroatoms. The molecule has 1 aliphatic carbocycles. The minimum Gasteiger partial charge on any atom is -0.381 e. The molecule has 1 fully saturated rings. The van der Waals surface area contributed by atoms with Gasteiger partial charge in [-0.15, -0.1) is 11.8 Å². The monoisotopic (exact) mass is 291 g/mol. The van der Waals surface area contributed by atoms with Crippen LogP contribution in [0, 0.1) is 0 Å². The number of hydrogen-bond acceptors (Lipinski definition) is 3. The van der Waals surface area contributed by atoms with Gasteiger partial charge in [0.05, 0.1) is 11.9 Å². The van der Waals surface area contributed by atoms with Crippen molar-refractivity contribution in [3.05, 3.63) is 24.3 Å². The molecular formula is C13H16F3NOS. The van der Waals surface area contributed by atoms with Crippen molar-refractivity contribution < 1.29 is 17.9 Å². The van der Waals surface area contributed by atoms with Crippen molar-refractivity contribution in [2.45, 2.75) is 36.1 Å². The van der Waals surface area contributed by atoms with Crippen molar-refractivity contribution in [2.75, 3.05) is 18.2 Å². The third-order valence-corrected chi connectivity index (χ3v) is 4.20. The van der Waals surface area contributed by atoms with Crippen molar-refractivity contribution in [1.82, 2.24) is 0 Å². The molecule has 1 aromatic carbocycles. The fraction of sp³-hybridized carbons (Fsp3) is 0.538. The molecule has 0 radical (unpaired) electrons. The van der Waals surface area contributed by atoms with Crippen molar-refractivity contribution in [1.29, 1.82) is 0 Å². The Balaban J connectivity index is 1.93. The number of benzene rings is 1. The Morgan fingerprint density at radius 3 is 2.63 bits per heavy atom. The van der Waals surface area contributed by atoms with Crippen molar-refractivity contribution in [2.24, 2.45) is 0 Å². The lowest BCUT2D eigenvalue weighted by molar-refractivity contribution is -0.105. The van der Waals surface area contributed by atoms with Crippen LogP contribution in [0.2, 0.25) is 0 Å².